The Morgan fingerprint density at radius 1 is 1.07 bits per heavy atom. The van der Waals surface area contributed by atoms with Crippen LogP contribution in [0.15, 0.2) is 11.6 Å². The molecule has 0 heterocycles. The van der Waals surface area contributed by atoms with E-state index in [9.17, 15) is 14.3 Å². The van der Waals surface area contributed by atoms with Crippen LogP contribution in [0.5, 0.6) is 0 Å². The molecule has 4 aliphatic rings. The third-order valence-electron chi connectivity index (χ3n) is 11.7. The Kier molecular flexibility index (Phi) is 11.7. The molecule has 4 rings (SSSR count). The average molecular weight is 611 g/mol. The van der Waals surface area contributed by atoms with E-state index in [0.29, 0.717) is 5.41 Å². The van der Waals surface area contributed by atoms with E-state index in [0.717, 1.165) is 61.9 Å². The minimum absolute atomic E-state index is 0.0851. The van der Waals surface area contributed by atoms with Crippen molar-refractivity contribution >= 4 is 13.9 Å². The number of allylic oxidation sites excluding steroid dienone is 1. The lowest BCUT2D eigenvalue weighted by Gasteiger charge is -2.58. The van der Waals surface area contributed by atoms with Crippen molar-refractivity contribution in [2.24, 2.45) is 46.3 Å². The number of hydrogen-bond acceptors (Lipinski definition) is 7. The fourth-order valence-electron chi connectivity index (χ4n) is 9.53. The second-order valence-corrected chi connectivity index (χ2v) is 16.1. The first kappa shape index (κ1) is 34.0. The average Bonchev–Trinajstić information content (AvgIpc) is 3.29. The summed E-state index contributed by atoms with van der Waals surface area (Å²) >= 11 is 0. The number of alkyl carbamates (subject to hydrolysis) is 1. The quantitative estimate of drug-likeness (QED) is 0.125. The highest BCUT2D eigenvalue weighted by Crippen LogP contribution is 2.67. The van der Waals surface area contributed by atoms with E-state index >= 15 is 0 Å². The van der Waals surface area contributed by atoms with Crippen LogP contribution < -0.4 is 10.2 Å². The molecular weight excluding hydrogens is 553 g/mol. The summed E-state index contributed by atoms with van der Waals surface area (Å²) in [5.41, 5.74) is 2.24. The molecule has 1 N–H and O–H groups in total. The molecule has 4 aliphatic carbocycles. The maximum atomic E-state index is 12.5. The van der Waals surface area contributed by atoms with E-state index in [2.05, 4.69) is 55.1 Å². The lowest BCUT2D eigenvalue weighted by atomic mass is 9.47. The van der Waals surface area contributed by atoms with E-state index in [4.69, 9.17) is 9.47 Å². The fraction of sp³-hybridized carbons (Fsp3) is 0.909. The SMILES string of the molecule is COP(=O)([O-])OCCOCCNC(=O)OC1CCC2(C)C(=CCC3C2CCC2(C)C(C(C)CCCC(C)C)CCC32)C1. The van der Waals surface area contributed by atoms with E-state index in [1.807, 2.05) is 0 Å². The standard InChI is InChI=1S/C33H58NO7P/c1-23(2)8-7-9-24(3)28-12-13-29-27-11-10-25-22-26(14-16-32(25,4)30(27)15-17-33(28,29)5)41-31(35)34-18-19-39-20-21-40-42(36,37)38-6/h10,23-24,26-30H,7-9,11-22H2,1-6H3,(H,34,35)(H,36,37)/p-1. The van der Waals surface area contributed by atoms with Gasteiger partial charge in [0.15, 0.2) is 0 Å². The molecule has 0 bridgehead atoms. The molecule has 0 radical (unpaired) electrons. The molecule has 9 atom stereocenters. The summed E-state index contributed by atoms with van der Waals surface area (Å²) < 4.78 is 31.1. The van der Waals surface area contributed by atoms with Gasteiger partial charge in [0.1, 0.15) is 6.10 Å². The Balaban J connectivity index is 1.24. The number of phosphoric ester groups is 1. The molecule has 242 valence electrons. The van der Waals surface area contributed by atoms with Crippen LogP contribution in [0, 0.1) is 46.3 Å². The molecule has 0 aromatic rings. The van der Waals surface area contributed by atoms with Gasteiger partial charge in [0, 0.05) is 20.1 Å². The summed E-state index contributed by atoms with van der Waals surface area (Å²) in [4.78, 5) is 23.6. The second-order valence-electron chi connectivity index (χ2n) is 14.6. The van der Waals surface area contributed by atoms with Crippen LogP contribution in [-0.4, -0.2) is 45.7 Å². The van der Waals surface area contributed by atoms with Crippen molar-refractivity contribution in [2.45, 2.75) is 111 Å². The first-order valence-corrected chi connectivity index (χ1v) is 18.1. The van der Waals surface area contributed by atoms with Gasteiger partial charge >= 0.3 is 6.09 Å². The fourth-order valence-corrected chi connectivity index (χ4v) is 9.94. The number of ether oxygens (including phenoxy) is 2. The second kappa shape index (κ2) is 14.5. The minimum atomic E-state index is -4.23. The largest absolute Gasteiger partial charge is 0.756 e. The number of carbonyl (C=O) groups excluding carboxylic acids is 1. The molecule has 9 unspecified atom stereocenters. The Hall–Kier alpha value is -0.920. The van der Waals surface area contributed by atoms with Gasteiger partial charge in [0.05, 0.1) is 19.8 Å². The number of hydrogen-bond donors (Lipinski definition) is 1. The minimum Gasteiger partial charge on any atom is -0.756 e. The summed E-state index contributed by atoms with van der Waals surface area (Å²) in [5.74, 6) is 4.92. The molecule has 1 amide bonds. The summed E-state index contributed by atoms with van der Waals surface area (Å²) in [5, 5.41) is 2.75. The van der Waals surface area contributed by atoms with Crippen molar-refractivity contribution < 1.29 is 32.8 Å². The van der Waals surface area contributed by atoms with Crippen molar-refractivity contribution in [1.82, 2.24) is 5.32 Å². The zero-order chi connectivity index (χ0) is 30.5. The van der Waals surface area contributed by atoms with Crippen LogP contribution in [0.3, 0.4) is 0 Å². The highest BCUT2D eigenvalue weighted by Gasteiger charge is 2.59. The molecule has 0 spiro atoms. The van der Waals surface area contributed by atoms with Gasteiger partial charge < -0.3 is 28.7 Å². The van der Waals surface area contributed by atoms with Crippen LogP contribution in [0.1, 0.15) is 105 Å². The molecule has 0 aromatic carbocycles. The number of carbonyl (C=O) groups is 1. The molecular formula is C33H57NO7P-. The van der Waals surface area contributed by atoms with Crippen LogP contribution >= 0.6 is 7.82 Å². The van der Waals surface area contributed by atoms with Crippen LogP contribution in [0.2, 0.25) is 0 Å². The van der Waals surface area contributed by atoms with Gasteiger partial charge in [-0.25, -0.2) is 4.79 Å². The Bertz CT molecular complexity index is 987. The third kappa shape index (κ3) is 7.83. The maximum absolute atomic E-state index is 12.5. The van der Waals surface area contributed by atoms with Crippen LogP contribution in [0.4, 0.5) is 4.79 Å². The lowest BCUT2D eigenvalue weighted by molar-refractivity contribution is -0.223. The van der Waals surface area contributed by atoms with Crippen LogP contribution in [0.25, 0.3) is 0 Å². The van der Waals surface area contributed by atoms with Crippen molar-refractivity contribution in [3.63, 3.8) is 0 Å². The highest BCUT2D eigenvalue weighted by molar-refractivity contribution is 7.45. The molecule has 3 fully saturated rings. The Morgan fingerprint density at radius 2 is 1.86 bits per heavy atom. The van der Waals surface area contributed by atoms with Gasteiger partial charge in [0.25, 0.3) is 7.82 Å². The van der Waals surface area contributed by atoms with Gasteiger partial charge in [0.2, 0.25) is 0 Å². The molecule has 8 nitrogen and oxygen atoms in total. The predicted molar refractivity (Wildman–Crippen MR) is 163 cm³/mol. The van der Waals surface area contributed by atoms with E-state index in [-0.39, 0.29) is 37.9 Å². The number of fused-ring (bicyclic) bond motifs is 5. The summed E-state index contributed by atoms with van der Waals surface area (Å²) in [6.07, 6.45) is 15.7. The number of amides is 1. The van der Waals surface area contributed by atoms with E-state index in [1.165, 1.54) is 56.9 Å². The number of nitrogens with one attached hydrogen (secondary N) is 1. The van der Waals surface area contributed by atoms with Crippen molar-refractivity contribution in [3.05, 3.63) is 11.6 Å². The molecule has 0 aliphatic heterocycles. The first-order valence-electron chi connectivity index (χ1n) is 16.6. The summed E-state index contributed by atoms with van der Waals surface area (Å²) in [6, 6.07) is 0. The van der Waals surface area contributed by atoms with Gasteiger partial charge in [-0.05, 0) is 91.3 Å². The molecule has 3 saturated carbocycles. The van der Waals surface area contributed by atoms with Crippen LogP contribution in [-0.2, 0) is 23.1 Å². The van der Waals surface area contributed by atoms with E-state index in [1.54, 1.807) is 0 Å². The monoisotopic (exact) mass is 610 g/mol. The molecule has 0 aromatic heterocycles. The van der Waals surface area contributed by atoms with Crippen molar-refractivity contribution in [2.75, 3.05) is 33.5 Å². The predicted octanol–water partition coefficient (Wildman–Crippen LogP) is 7.27. The lowest BCUT2D eigenvalue weighted by Crippen LogP contribution is -2.51. The maximum Gasteiger partial charge on any atom is 0.407 e. The molecule has 0 saturated heterocycles. The summed E-state index contributed by atoms with van der Waals surface area (Å²) in [7, 11) is -3.19. The Labute approximate surface area is 254 Å². The Morgan fingerprint density at radius 3 is 2.60 bits per heavy atom. The number of phosphoric acid groups is 1. The van der Waals surface area contributed by atoms with Gasteiger partial charge in [-0.3, -0.25) is 4.57 Å². The van der Waals surface area contributed by atoms with Gasteiger partial charge in [-0.1, -0.05) is 65.5 Å². The van der Waals surface area contributed by atoms with E-state index < -0.39 is 13.9 Å². The van der Waals surface area contributed by atoms with Gasteiger partial charge in [-0.2, -0.15) is 0 Å². The zero-order valence-corrected chi connectivity index (χ0v) is 27.9. The molecule has 9 heteroatoms. The third-order valence-corrected chi connectivity index (χ3v) is 12.7. The smallest absolute Gasteiger partial charge is 0.407 e. The normalized spacial score (nSPS) is 36.3. The first-order chi connectivity index (χ1) is 19.9. The zero-order valence-electron chi connectivity index (χ0n) is 27.0. The number of rotatable bonds is 14. The molecule has 42 heavy (non-hydrogen) atoms. The summed E-state index contributed by atoms with van der Waals surface area (Å²) in [6.45, 7) is 12.9. The van der Waals surface area contributed by atoms with Gasteiger partial charge in [-0.15, -0.1) is 0 Å². The van der Waals surface area contributed by atoms with Crippen molar-refractivity contribution in [1.29, 1.82) is 0 Å². The topological polar surface area (TPSA) is 106 Å². The van der Waals surface area contributed by atoms with Crippen molar-refractivity contribution in [3.8, 4) is 0 Å². The highest BCUT2D eigenvalue weighted by atomic mass is 31.2.